The number of hydrogen-bond acceptors (Lipinski definition) is 2. The minimum absolute atomic E-state index is 0.143. The number of aryl methyl sites for hydroxylation is 1. The summed E-state index contributed by atoms with van der Waals surface area (Å²) in [5.74, 6) is -0.240. The average Bonchev–Trinajstić information content (AvgIpc) is 2.64. The molecule has 5 heteroatoms. The van der Waals surface area contributed by atoms with Crippen LogP contribution in [0.25, 0.3) is 0 Å². The van der Waals surface area contributed by atoms with Crippen LogP contribution >= 0.6 is 34.5 Å². The largest absolute Gasteiger partial charge is 0.306 e. The van der Waals surface area contributed by atoms with Gasteiger partial charge in [-0.1, -0.05) is 36.2 Å². The fourth-order valence-electron chi connectivity index (χ4n) is 2.09. The molecule has 1 N–H and O–H groups in total. The minimum atomic E-state index is -0.240. The molecule has 0 aliphatic heterocycles. The summed E-state index contributed by atoms with van der Waals surface area (Å²) in [6.07, 6.45) is 0. The number of rotatable bonds is 4. The molecule has 0 bridgehead atoms. The molecule has 19 heavy (non-hydrogen) atoms. The molecule has 1 atom stereocenters. The van der Waals surface area contributed by atoms with Crippen molar-refractivity contribution in [3.05, 3.63) is 55.4 Å². The van der Waals surface area contributed by atoms with E-state index in [4.69, 9.17) is 23.2 Å². The molecule has 2 aromatic rings. The Kier molecular flexibility index (Phi) is 4.85. The number of halogens is 3. The second-order valence-corrected chi connectivity index (χ2v) is 6.62. The Hall–Kier alpha value is -0.610. The SMILES string of the molecule is CCNC(c1cc(C)cc(F)c1)c1cc(Cl)sc1Cl. The van der Waals surface area contributed by atoms with Gasteiger partial charge in [-0.2, -0.15) is 0 Å². The lowest BCUT2D eigenvalue weighted by Crippen LogP contribution is -2.22. The Morgan fingerprint density at radius 1 is 1.26 bits per heavy atom. The number of benzene rings is 1. The standard InChI is InChI=1S/C14H14Cl2FNS/c1-3-18-13(11-7-12(15)19-14(11)16)9-4-8(2)5-10(17)6-9/h4-7,13,18H,3H2,1-2H3. The molecule has 102 valence electrons. The first kappa shape index (κ1) is 14.8. The third-order valence-electron chi connectivity index (χ3n) is 2.80. The van der Waals surface area contributed by atoms with E-state index in [2.05, 4.69) is 5.32 Å². The molecule has 0 saturated carbocycles. The topological polar surface area (TPSA) is 12.0 Å². The van der Waals surface area contributed by atoms with Crippen LogP contribution in [0.4, 0.5) is 4.39 Å². The zero-order valence-electron chi connectivity index (χ0n) is 10.6. The molecule has 0 spiro atoms. The van der Waals surface area contributed by atoms with Crippen molar-refractivity contribution in [2.24, 2.45) is 0 Å². The van der Waals surface area contributed by atoms with E-state index in [1.165, 1.54) is 23.5 Å². The highest BCUT2D eigenvalue weighted by Crippen LogP contribution is 2.37. The zero-order valence-corrected chi connectivity index (χ0v) is 13.0. The van der Waals surface area contributed by atoms with E-state index >= 15 is 0 Å². The van der Waals surface area contributed by atoms with Gasteiger partial charge in [0.05, 0.1) is 14.7 Å². The Labute approximate surface area is 126 Å². The van der Waals surface area contributed by atoms with Gasteiger partial charge in [0.2, 0.25) is 0 Å². The van der Waals surface area contributed by atoms with Crippen molar-refractivity contribution in [3.8, 4) is 0 Å². The van der Waals surface area contributed by atoms with Crippen molar-refractivity contribution >= 4 is 34.5 Å². The molecular formula is C14H14Cl2FNS. The highest BCUT2D eigenvalue weighted by Gasteiger charge is 2.19. The van der Waals surface area contributed by atoms with Crippen molar-refractivity contribution in [3.63, 3.8) is 0 Å². The van der Waals surface area contributed by atoms with E-state index in [1.54, 1.807) is 0 Å². The van der Waals surface area contributed by atoms with Crippen LogP contribution in [-0.2, 0) is 0 Å². The van der Waals surface area contributed by atoms with Gasteiger partial charge in [0.15, 0.2) is 0 Å². The average molecular weight is 318 g/mol. The monoisotopic (exact) mass is 317 g/mol. The number of nitrogens with one attached hydrogen (secondary N) is 1. The second-order valence-electron chi connectivity index (χ2n) is 4.33. The maximum absolute atomic E-state index is 13.6. The normalized spacial score (nSPS) is 12.7. The first-order valence-corrected chi connectivity index (χ1v) is 7.53. The summed E-state index contributed by atoms with van der Waals surface area (Å²) in [6.45, 7) is 4.63. The third-order valence-corrected chi connectivity index (χ3v) is 4.32. The van der Waals surface area contributed by atoms with Gasteiger partial charge in [0, 0.05) is 5.56 Å². The summed E-state index contributed by atoms with van der Waals surface area (Å²) >= 11 is 13.5. The van der Waals surface area contributed by atoms with Gasteiger partial charge in [-0.3, -0.25) is 0 Å². The molecule has 0 fully saturated rings. The molecule has 0 amide bonds. The summed E-state index contributed by atoms with van der Waals surface area (Å²) in [6, 6.07) is 6.69. The Bertz CT molecular complexity index is 563. The van der Waals surface area contributed by atoms with Crippen LogP contribution in [0.3, 0.4) is 0 Å². The number of hydrogen-bond donors (Lipinski definition) is 1. The summed E-state index contributed by atoms with van der Waals surface area (Å²) in [7, 11) is 0. The van der Waals surface area contributed by atoms with Crippen molar-refractivity contribution < 1.29 is 4.39 Å². The molecule has 1 heterocycles. The van der Waals surface area contributed by atoms with Crippen molar-refractivity contribution in [1.82, 2.24) is 5.32 Å². The van der Waals surface area contributed by atoms with Gasteiger partial charge >= 0.3 is 0 Å². The zero-order chi connectivity index (χ0) is 14.0. The first-order chi connectivity index (χ1) is 9.01. The summed E-state index contributed by atoms with van der Waals surface area (Å²) in [5, 5.41) is 3.32. The van der Waals surface area contributed by atoms with E-state index < -0.39 is 0 Å². The molecule has 0 radical (unpaired) electrons. The van der Waals surface area contributed by atoms with E-state index in [0.29, 0.717) is 8.67 Å². The van der Waals surface area contributed by atoms with Gasteiger partial charge < -0.3 is 5.32 Å². The maximum Gasteiger partial charge on any atom is 0.123 e. The van der Waals surface area contributed by atoms with Crippen molar-refractivity contribution in [1.29, 1.82) is 0 Å². The van der Waals surface area contributed by atoms with Crippen LogP contribution in [0.1, 0.15) is 29.7 Å². The smallest absolute Gasteiger partial charge is 0.123 e. The van der Waals surface area contributed by atoms with Crippen LogP contribution in [0.2, 0.25) is 8.67 Å². The van der Waals surface area contributed by atoms with Gasteiger partial charge in [-0.25, -0.2) is 4.39 Å². The lowest BCUT2D eigenvalue weighted by molar-refractivity contribution is 0.602. The van der Waals surface area contributed by atoms with Crippen LogP contribution in [-0.4, -0.2) is 6.54 Å². The Morgan fingerprint density at radius 2 is 2.00 bits per heavy atom. The van der Waals surface area contributed by atoms with E-state index in [-0.39, 0.29) is 11.9 Å². The van der Waals surface area contributed by atoms with Gasteiger partial charge in [0.1, 0.15) is 5.82 Å². The molecule has 1 aromatic heterocycles. The molecular weight excluding hydrogens is 304 g/mol. The second kappa shape index (κ2) is 6.23. The van der Waals surface area contributed by atoms with Crippen LogP contribution in [0.5, 0.6) is 0 Å². The van der Waals surface area contributed by atoms with Crippen molar-refractivity contribution in [2.75, 3.05) is 6.54 Å². The molecule has 0 aliphatic rings. The molecule has 0 aliphatic carbocycles. The summed E-state index contributed by atoms with van der Waals surface area (Å²) < 4.78 is 14.8. The summed E-state index contributed by atoms with van der Waals surface area (Å²) in [5.41, 5.74) is 2.63. The summed E-state index contributed by atoms with van der Waals surface area (Å²) in [4.78, 5) is 0. The van der Waals surface area contributed by atoms with Gasteiger partial charge in [-0.05, 0) is 42.8 Å². The van der Waals surface area contributed by atoms with E-state index in [1.807, 2.05) is 26.0 Å². The molecule has 1 unspecified atom stereocenters. The number of thiophene rings is 1. The Balaban J connectivity index is 2.47. The maximum atomic E-state index is 13.6. The minimum Gasteiger partial charge on any atom is -0.306 e. The van der Waals surface area contributed by atoms with E-state index in [0.717, 1.165) is 23.2 Å². The fraction of sp³-hybridized carbons (Fsp3) is 0.286. The molecule has 0 saturated heterocycles. The molecule has 1 nitrogen and oxygen atoms in total. The van der Waals surface area contributed by atoms with Crippen LogP contribution in [0.15, 0.2) is 24.3 Å². The van der Waals surface area contributed by atoms with Crippen molar-refractivity contribution in [2.45, 2.75) is 19.9 Å². The molecule has 2 rings (SSSR count). The fourth-order valence-corrected chi connectivity index (χ4v) is 3.62. The quantitative estimate of drug-likeness (QED) is 0.817. The third kappa shape index (κ3) is 3.48. The van der Waals surface area contributed by atoms with Gasteiger partial charge in [0.25, 0.3) is 0 Å². The van der Waals surface area contributed by atoms with E-state index in [9.17, 15) is 4.39 Å². The Morgan fingerprint density at radius 3 is 2.53 bits per heavy atom. The van der Waals surface area contributed by atoms with Crippen LogP contribution < -0.4 is 5.32 Å². The lowest BCUT2D eigenvalue weighted by Gasteiger charge is -2.18. The molecule has 1 aromatic carbocycles. The van der Waals surface area contributed by atoms with Gasteiger partial charge in [-0.15, -0.1) is 11.3 Å². The van der Waals surface area contributed by atoms with Crippen LogP contribution in [0, 0.1) is 12.7 Å². The predicted molar refractivity (Wildman–Crippen MR) is 81.0 cm³/mol. The predicted octanol–water partition coefficient (Wildman–Crippen LogP) is 5.20. The first-order valence-electron chi connectivity index (χ1n) is 5.96. The highest BCUT2D eigenvalue weighted by atomic mass is 35.5. The highest BCUT2D eigenvalue weighted by molar-refractivity contribution is 7.20. The lowest BCUT2D eigenvalue weighted by atomic mass is 9.99.